The summed E-state index contributed by atoms with van der Waals surface area (Å²) < 4.78 is 8.09. The molecule has 0 N–H and O–H groups in total. The lowest BCUT2D eigenvalue weighted by Gasteiger charge is -2.16. The second-order valence-electron chi connectivity index (χ2n) is 6.89. The maximum absolute atomic E-state index is 12.2. The lowest BCUT2D eigenvalue weighted by molar-refractivity contribution is 0.335. The zero-order valence-electron chi connectivity index (χ0n) is 12.8. The molecule has 0 aliphatic rings. The molecule has 7 heteroatoms. The highest BCUT2D eigenvalue weighted by molar-refractivity contribution is 5.00. The Kier molecular flexibility index (Phi) is 3.31. The largest absolute Gasteiger partial charge is 0.346 e. The summed E-state index contributed by atoms with van der Waals surface area (Å²) in [5, 5.41) is 8.06. The van der Waals surface area contributed by atoms with E-state index >= 15 is 0 Å². The van der Waals surface area contributed by atoms with Crippen molar-refractivity contribution in [3.63, 3.8) is 0 Å². The number of hydrogen-bond donors (Lipinski definition) is 0. The van der Waals surface area contributed by atoms with Crippen LogP contribution in [0, 0.1) is 0 Å². The minimum Gasteiger partial charge on any atom is -0.337 e. The van der Waals surface area contributed by atoms with Crippen LogP contribution in [0.3, 0.4) is 0 Å². The van der Waals surface area contributed by atoms with Crippen molar-refractivity contribution in [3.05, 3.63) is 28.5 Å². The molecule has 0 saturated heterocycles. The van der Waals surface area contributed by atoms with Gasteiger partial charge in [0.15, 0.2) is 5.82 Å². The van der Waals surface area contributed by atoms with Gasteiger partial charge in [0.25, 0.3) is 0 Å². The van der Waals surface area contributed by atoms with E-state index in [4.69, 9.17) is 4.52 Å². The van der Waals surface area contributed by atoms with Crippen molar-refractivity contribution in [1.29, 1.82) is 0 Å². The molecule has 2 heterocycles. The highest BCUT2D eigenvalue weighted by atomic mass is 16.5. The van der Waals surface area contributed by atoms with Gasteiger partial charge in [-0.15, -0.1) is 0 Å². The molecule has 7 nitrogen and oxygen atoms in total. The Hall–Kier alpha value is -1.92. The fraction of sp³-hybridized carbons (Fsp3) is 0.692. The molecule has 0 atom stereocenters. The van der Waals surface area contributed by atoms with Crippen molar-refractivity contribution in [1.82, 2.24) is 24.5 Å². The molecule has 0 aliphatic heterocycles. The van der Waals surface area contributed by atoms with Crippen molar-refractivity contribution in [3.8, 4) is 0 Å². The lowest BCUT2D eigenvalue weighted by Crippen LogP contribution is -2.35. The van der Waals surface area contributed by atoms with Gasteiger partial charge in [-0.05, 0) is 20.8 Å². The SMILES string of the molecule is CC(C)(C)c1noc(Cn2cnn(C(C)(C)C)c2=O)n1. The Balaban J connectivity index is 2.26. The fourth-order valence-corrected chi connectivity index (χ4v) is 1.67. The Labute approximate surface area is 117 Å². The van der Waals surface area contributed by atoms with Crippen molar-refractivity contribution < 1.29 is 4.52 Å². The molecule has 2 rings (SSSR count). The minimum atomic E-state index is -0.353. The van der Waals surface area contributed by atoms with E-state index in [1.807, 2.05) is 41.5 Å². The zero-order chi connectivity index (χ0) is 15.1. The molecule has 0 amide bonds. The van der Waals surface area contributed by atoms with Crippen LogP contribution < -0.4 is 5.69 Å². The molecule has 2 aromatic heterocycles. The molecule has 0 spiro atoms. The number of hydrogen-bond acceptors (Lipinski definition) is 5. The van der Waals surface area contributed by atoms with Crippen LogP contribution in [-0.2, 0) is 17.5 Å². The summed E-state index contributed by atoms with van der Waals surface area (Å²) in [4.78, 5) is 16.5. The first-order chi connectivity index (χ1) is 9.09. The Morgan fingerprint density at radius 1 is 1.20 bits per heavy atom. The molecule has 110 valence electrons. The Bertz CT molecular complexity index is 651. The van der Waals surface area contributed by atoms with Gasteiger partial charge in [0.2, 0.25) is 5.89 Å². The van der Waals surface area contributed by atoms with E-state index in [-0.39, 0.29) is 23.2 Å². The van der Waals surface area contributed by atoms with E-state index in [9.17, 15) is 4.79 Å². The summed E-state index contributed by atoms with van der Waals surface area (Å²) in [7, 11) is 0. The van der Waals surface area contributed by atoms with E-state index in [2.05, 4.69) is 15.2 Å². The smallest absolute Gasteiger partial charge is 0.337 e. The van der Waals surface area contributed by atoms with Gasteiger partial charge in [-0.1, -0.05) is 25.9 Å². The molecule has 0 unspecified atom stereocenters. The van der Waals surface area contributed by atoms with Crippen LogP contribution >= 0.6 is 0 Å². The molecule has 0 saturated carbocycles. The first-order valence-corrected chi connectivity index (χ1v) is 6.57. The Morgan fingerprint density at radius 3 is 2.30 bits per heavy atom. The summed E-state index contributed by atoms with van der Waals surface area (Å²) in [6, 6.07) is 0. The third-order valence-corrected chi connectivity index (χ3v) is 2.81. The van der Waals surface area contributed by atoms with Gasteiger partial charge < -0.3 is 4.52 Å². The molecule has 0 bridgehead atoms. The second kappa shape index (κ2) is 4.57. The van der Waals surface area contributed by atoms with Crippen LogP contribution in [-0.4, -0.2) is 24.5 Å². The third kappa shape index (κ3) is 2.81. The van der Waals surface area contributed by atoms with Crippen molar-refractivity contribution >= 4 is 0 Å². The van der Waals surface area contributed by atoms with Crippen LogP contribution in [0.15, 0.2) is 15.6 Å². The summed E-state index contributed by atoms with van der Waals surface area (Å²) in [5.41, 5.74) is -0.719. The average molecular weight is 279 g/mol. The highest BCUT2D eigenvalue weighted by Crippen LogP contribution is 2.18. The van der Waals surface area contributed by atoms with Gasteiger partial charge in [0, 0.05) is 5.41 Å². The number of rotatable bonds is 2. The quantitative estimate of drug-likeness (QED) is 0.833. The van der Waals surface area contributed by atoms with Gasteiger partial charge in [-0.3, -0.25) is 4.57 Å². The highest BCUT2D eigenvalue weighted by Gasteiger charge is 2.22. The van der Waals surface area contributed by atoms with Crippen LogP contribution in [0.1, 0.15) is 53.3 Å². The normalized spacial score (nSPS) is 12.9. The topological polar surface area (TPSA) is 78.7 Å². The summed E-state index contributed by atoms with van der Waals surface area (Å²) in [6.07, 6.45) is 1.49. The lowest BCUT2D eigenvalue weighted by atomic mass is 9.96. The van der Waals surface area contributed by atoms with E-state index < -0.39 is 0 Å². The zero-order valence-corrected chi connectivity index (χ0v) is 12.8. The second-order valence-corrected chi connectivity index (χ2v) is 6.89. The van der Waals surface area contributed by atoms with E-state index in [1.54, 1.807) is 0 Å². The fourth-order valence-electron chi connectivity index (χ4n) is 1.67. The molecular weight excluding hydrogens is 258 g/mol. The van der Waals surface area contributed by atoms with E-state index in [0.29, 0.717) is 11.7 Å². The predicted octanol–water partition coefficient (Wildman–Crippen LogP) is 1.53. The van der Waals surface area contributed by atoms with Gasteiger partial charge >= 0.3 is 5.69 Å². The first-order valence-electron chi connectivity index (χ1n) is 6.57. The maximum Gasteiger partial charge on any atom is 0.346 e. The molecule has 0 radical (unpaired) electrons. The molecule has 2 aromatic rings. The van der Waals surface area contributed by atoms with Crippen molar-refractivity contribution in [2.75, 3.05) is 0 Å². The molecule has 0 aliphatic carbocycles. The molecule has 0 fully saturated rings. The minimum absolute atomic E-state index is 0.178. The van der Waals surface area contributed by atoms with Gasteiger partial charge in [0.1, 0.15) is 12.9 Å². The van der Waals surface area contributed by atoms with Crippen molar-refractivity contribution in [2.45, 2.75) is 59.0 Å². The average Bonchev–Trinajstić information content (AvgIpc) is 2.85. The number of nitrogens with zero attached hydrogens (tertiary/aromatic N) is 5. The monoisotopic (exact) mass is 279 g/mol. The molecular formula is C13H21N5O2. The maximum atomic E-state index is 12.2. The first kappa shape index (κ1) is 14.5. The van der Waals surface area contributed by atoms with Gasteiger partial charge in [-0.2, -0.15) is 10.1 Å². The van der Waals surface area contributed by atoms with Crippen LogP contribution in [0.25, 0.3) is 0 Å². The Morgan fingerprint density at radius 2 is 1.85 bits per heavy atom. The number of aromatic nitrogens is 5. The molecule has 0 aromatic carbocycles. The van der Waals surface area contributed by atoms with E-state index in [1.165, 1.54) is 15.6 Å². The van der Waals surface area contributed by atoms with Crippen molar-refractivity contribution in [2.24, 2.45) is 0 Å². The third-order valence-electron chi connectivity index (χ3n) is 2.81. The van der Waals surface area contributed by atoms with E-state index in [0.717, 1.165) is 0 Å². The van der Waals surface area contributed by atoms with Gasteiger partial charge in [-0.25, -0.2) is 9.48 Å². The predicted molar refractivity (Wildman–Crippen MR) is 73.6 cm³/mol. The molecule has 20 heavy (non-hydrogen) atoms. The summed E-state index contributed by atoms with van der Waals surface area (Å²) >= 11 is 0. The summed E-state index contributed by atoms with van der Waals surface area (Å²) in [5.74, 6) is 1.04. The van der Waals surface area contributed by atoms with Gasteiger partial charge in [0.05, 0.1) is 5.54 Å². The van der Waals surface area contributed by atoms with Crippen LogP contribution in [0.2, 0.25) is 0 Å². The van der Waals surface area contributed by atoms with Crippen LogP contribution in [0.4, 0.5) is 0 Å². The summed E-state index contributed by atoms with van der Waals surface area (Å²) in [6.45, 7) is 12.0. The van der Waals surface area contributed by atoms with Crippen LogP contribution in [0.5, 0.6) is 0 Å². The standard InChI is InChI=1S/C13H21N5O2/c1-12(2,3)10-15-9(20-16-10)7-17-8-14-18(11(17)19)13(4,5)6/h8H,7H2,1-6H3.